The number of carbonyl (C=O) groups excluding carboxylic acids is 1. The lowest BCUT2D eigenvalue weighted by Gasteiger charge is -2.36. The molecule has 27 heavy (non-hydrogen) atoms. The van der Waals surface area contributed by atoms with Gasteiger partial charge < -0.3 is 4.90 Å². The number of rotatable bonds is 2. The van der Waals surface area contributed by atoms with Crippen molar-refractivity contribution in [3.8, 4) is 0 Å². The SMILES string of the molecule is Cn1cc(Cl)c(C(=O)N2C[C@H]3CC[C@@H]2CN(C2Cc4ccccc4C2)C3)n1. The van der Waals surface area contributed by atoms with E-state index in [-0.39, 0.29) is 11.9 Å². The fourth-order valence-corrected chi connectivity index (χ4v) is 5.46. The van der Waals surface area contributed by atoms with Crippen LogP contribution in [-0.4, -0.2) is 57.2 Å². The van der Waals surface area contributed by atoms with E-state index in [1.807, 2.05) is 4.90 Å². The average molecular weight is 385 g/mol. The fraction of sp³-hybridized carbons (Fsp3) is 0.524. The van der Waals surface area contributed by atoms with Crippen molar-refractivity contribution in [3.63, 3.8) is 0 Å². The first kappa shape index (κ1) is 17.3. The number of halogens is 1. The van der Waals surface area contributed by atoms with Gasteiger partial charge in [0.2, 0.25) is 0 Å². The maximum absolute atomic E-state index is 13.1. The number of aryl methyl sites for hydroxylation is 1. The van der Waals surface area contributed by atoms with Gasteiger partial charge in [-0.25, -0.2) is 0 Å². The summed E-state index contributed by atoms with van der Waals surface area (Å²) in [6.07, 6.45) is 6.26. The Morgan fingerprint density at radius 2 is 1.81 bits per heavy atom. The van der Waals surface area contributed by atoms with Crippen LogP contribution < -0.4 is 0 Å². The number of nitrogens with zero attached hydrogens (tertiary/aromatic N) is 4. The van der Waals surface area contributed by atoms with E-state index < -0.39 is 0 Å². The molecule has 2 aromatic rings. The largest absolute Gasteiger partial charge is 0.333 e. The molecule has 0 saturated carbocycles. The Labute approximate surface area is 164 Å². The van der Waals surface area contributed by atoms with Crippen LogP contribution in [0.1, 0.15) is 34.5 Å². The van der Waals surface area contributed by atoms with Crippen LogP contribution in [0.5, 0.6) is 0 Å². The molecular weight excluding hydrogens is 360 g/mol. The molecular formula is C21H25ClN4O. The van der Waals surface area contributed by atoms with E-state index in [0.717, 1.165) is 38.9 Å². The highest BCUT2D eigenvalue weighted by Gasteiger charge is 2.41. The summed E-state index contributed by atoms with van der Waals surface area (Å²) in [6.45, 7) is 2.88. The van der Waals surface area contributed by atoms with E-state index in [0.29, 0.717) is 22.7 Å². The molecule has 6 rings (SSSR count). The van der Waals surface area contributed by atoms with Crippen molar-refractivity contribution in [1.82, 2.24) is 19.6 Å². The van der Waals surface area contributed by atoms with Crippen molar-refractivity contribution in [2.45, 2.75) is 37.8 Å². The Kier molecular flexibility index (Phi) is 4.25. The van der Waals surface area contributed by atoms with Crippen LogP contribution in [0.15, 0.2) is 30.5 Å². The number of hydrogen-bond donors (Lipinski definition) is 0. The minimum absolute atomic E-state index is 0.00754. The molecule has 6 heteroatoms. The lowest BCUT2D eigenvalue weighted by atomic mass is 9.94. The molecule has 4 aliphatic rings. The summed E-state index contributed by atoms with van der Waals surface area (Å²) in [5, 5.41) is 4.75. The van der Waals surface area contributed by atoms with Gasteiger partial charge in [0.15, 0.2) is 5.69 Å². The predicted molar refractivity (Wildman–Crippen MR) is 105 cm³/mol. The maximum atomic E-state index is 13.1. The number of benzene rings is 1. The van der Waals surface area contributed by atoms with Crippen molar-refractivity contribution < 1.29 is 4.79 Å². The highest BCUT2D eigenvalue weighted by molar-refractivity contribution is 6.33. The molecule has 3 saturated heterocycles. The molecule has 3 fully saturated rings. The monoisotopic (exact) mass is 384 g/mol. The number of amides is 1. The molecule has 2 atom stereocenters. The Morgan fingerprint density at radius 3 is 2.48 bits per heavy atom. The zero-order valence-corrected chi connectivity index (χ0v) is 16.4. The van der Waals surface area contributed by atoms with Crippen LogP contribution in [0.2, 0.25) is 5.02 Å². The summed E-state index contributed by atoms with van der Waals surface area (Å²) in [4.78, 5) is 17.8. The van der Waals surface area contributed by atoms with Gasteiger partial charge in [0.1, 0.15) is 0 Å². The summed E-state index contributed by atoms with van der Waals surface area (Å²) in [5.41, 5.74) is 3.38. The van der Waals surface area contributed by atoms with Crippen molar-refractivity contribution in [2.24, 2.45) is 13.0 Å². The molecule has 1 aromatic carbocycles. The molecule has 2 bridgehead atoms. The van der Waals surface area contributed by atoms with Crippen molar-refractivity contribution in [1.29, 1.82) is 0 Å². The van der Waals surface area contributed by atoms with Gasteiger partial charge in [-0.1, -0.05) is 35.9 Å². The molecule has 142 valence electrons. The molecule has 1 amide bonds. The summed E-state index contributed by atoms with van der Waals surface area (Å²) in [6, 6.07) is 9.65. The lowest BCUT2D eigenvalue weighted by molar-refractivity contribution is 0.0575. The van der Waals surface area contributed by atoms with Gasteiger partial charge in [-0.15, -0.1) is 0 Å². The quantitative estimate of drug-likeness (QED) is 0.799. The molecule has 0 unspecified atom stereocenters. The highest BCUT2D eigenvalue weighted by Crippen LogP contribution is 2.34. The van der Waals surface area contributed by atoms with Crippen molar-refractivity contribution in [2.75, 3.05) is 19.6 Å². The first-order chi connectivity index (χ1) is 13.1. The molecule has 3 aliphatic heterocycles. The number of fused-ring (bicyclic) bond motifs is 5. The van der Waals surface area contributed by atoms with E-state index in [1.54, 1.807) is 17.9 Å². The van der Waals surface area contributed by atoms with Gasteiger partial charge in [-0.05, 0) is 42.7 Å². The third kappa shape index (κ3) is 3.07. The number of hydrogen-bond acceptors (Lipinski definition) is 3. The third-order valence-electron chi connectivity index (χ3n) is 6.54. The molecule has 1 aromatic heterocycles. The number of piperidine rings is 1. The van der Waals surface area contributed by atoms with Gasteiger partial charge in [0.05, 0.1) is 5.02 Å². The van der Waals surface area contributed by atoms with E-state index in [2.05, 4.69) is 34.3 Å². The summed E-state index contributed by atoms with van der Waals surface area (Å²) in [5.74, 6) is 0.533. The standard InChI is InChI=1S/C21H25ClN4O/c1-24-13-19(22)20(23-24)21(27)26-11-14-6-7-17(26)12-25(10-14)18-8-15-4-2-3-5-16(15)9-18/h2-5,13-14,17-18H,6-12H2,1H3/t14-,17+/m0/s1. The van der Waals surface area contributed by atoms with Gasteiger partial charge in [-0.2, -0.15) is 5.10 Å². The minimum Gasteiger partial charge on any atom is -0.333 e. The third-order valence-corrected chi connectivity index (χ3v) is 6.81. The second-order valence-corrected chi connectivity index (χ2v) is 8.75. The molecule has 0 radical (unpaired) electrons. The number of aromatic nitrogens is 2. The minimum atomic E-state index is -0.00754. The second-order valence-electron chi connectivity index (χ2n) is 8.34. The first-order valence-corrected chi connectivity index (χ1v) is 10.3. The number of carbonyl (C=O) groups is 1. The maximum Gasteiger partial charge on any atom is 0.276 e. The van der Waals surface area contributed by atoms with Crippen molar-refractivity contribution in [3.05, 3.63) is 52.3 Å². The summed E-state index contributed by atoms with van der Waals surface area (Å²) >= 11 is 6.24. The predicted octanol–water partition coefficient (Wildman–Crippen LogP) is 2.78. The van der Waals surface area contributed by atoms with Crippen LogP contribution >= 0.6 is 11.6 Å². The van der Waals surface area contributed by atoms with E-state index in [9.17, 15) is 4.79 Å². The van der Waals surface area contributed by atoms with Crippen LogP contribution in [0.25, 0.3) is 0 Å². The van der Waals surface area contributed by atoms with Crippen LogP contribution in [-0.2, 0) is 19.9 Å². The van der Waals surface area contributed by atoms with Crippen LogP contribution in [0.3, 0.4) is 0 Å². The fourth-order valence-electron chi connectivity index (χ4n) is 5.20. The Bertz CT molecular complexity index is 854. The smallest absolute Gasteiger partial charge is 0.276 e. The Morgan fingerprint density at radius 1 is 1.07 bits per heavy atom. The molecule has 0 N–H and O–H groups in total. The highest BCUT2D eigenvalue weighted by atomic mass is 35.5. The van der Waals surface area contributed by atoms with E-state index in [1.165, 1.54) is 17.5 Å². The van der Waals surface area contributed by atoms with Crippen LogP contribution in [0, 0.1) is 5.92 Å². The lowest BCUT2D eigenvalue weighted by Crippen LogP contribution is -2.48. The second kappa shape index (κ2) is 6.64. The molecule has 1 aliphatic carbocycles. The van der Waals surface area contributed by atoms with E-state index in [4.69, 9.17) is 11.6 Å². The Balaban J connectivity index is 1.35. The first-order valence-electron chi connectivity index (χ1n) is 9.89. The van der Waals surface area contributed by atoms with Crippen molar-refractivity contribution >= 4 is 17.5 Å². The topological polar surface area (TPSA) is 41.4 Å². The van der Waals surface area contributed by atoms with E-state index >= 15 is 0 Å². The van der Waals surface area contributed by atoms with Gasteiger partial charge >= 0.3 is 0 Å². The average Bonchev–Trinajstić information content (AvgIpc) is 3.11. The van der Waals surface area contributed by atoms with Gasteiger partial charge in [0.25, 0.3) is 5.91 Å². The zero-order valence-electron chi connectivity index (χ0n) is 15.6. The normalized spacial score (nSPS) is 25.6. The Hall–Kier alpha value is -1.85. The zero-order chi connectivity index (χ0) is 18.5. The van der Waals surface area contributed by atoms with Gasteiger partial charge in [0, 0.05) is 45.0 Å². The molecule has 0 spiro atoms. The molecule has 4 heterocycles. The van der Waals surface area contributed by atoms with Gasteiger partial charge in [-0.3, -0.25) is 14.4 Å². The van der Waals surface area contributed by atoms with Crippen LogP contribution in [0.4, 0.5) is 0 Å². The molecule has 5 nitrogen and oxygen atoms in total. The summed E-state index contributed by atoms with van der Waals surface area (Å²) < 4.78 is 1.62. The summed E-state index contributed by atoms with van der Waals surface area (Å²) in [7, 11) is 1.80.